The van der Waals surface area contributed by atoms with Gasteiger partial charge < -0.3 is 10.2 Å². The van der Waals surface area contributed by atoms with E-state index < -0.39 is 11.9 Å². The number of carbonyl (C=O) groups excluding carboxylic acids is 3. The zero-order chi connectivity index (χ0) is 27.5. The Morgan fingerprint density at radius 3 is 2.18 bits per heavy atom. The molecule has 0 aliphatic carbocycles. The predicted molar refractivity (Wildman–Crippen MR) is 150 cm³/mol. The lowest BCUT2D eigenvalue weighted by molar-refractivity contribution is -0.133. The molecule has 0 heterocycles. The molecule has 0 saturated carbocycles. The monoisotopic (exact) mass is 519 g/mol. The first kappa shape index (κ1) is 27.0. The number of carbonyl (C=O) groups is 3. The van der Waals surface area contributed by atoms with Crippen molar-refractivity contribution in [2.24, 2.45) is 0 Å². The fourth-order valence-electron chi connectivity index (χ4n) is 4.30. The molecular weight excluding hydrogens is 490 g/mol. The van der Waals surface area contributed by atoms with Crippen LogP contribution in [0, 0.1) is 0 Å². The van der Waals surface area contributed by atoms with Gasteiger partial charge in [0, 0.05) is 19.2 Å². The van der Waals surface area contributed by atoms with Crippen molar-refractivity contribution < 1.29 is 19.6 Å². The Balaban J connectivity index is 1.64. The smallest absolute Gasteiger partial charge is 0.267 e. The fraction of sp³-hybridized carbons (Fsp3) is 0.0938. The van der Waals surface area contributed by atoms with Crippen LogP contribution >= 0.6 is 0 Å². The Kier molecular flexibility index (Phi) is 9.37. The third kappa shape index (κ3) is 7.50. The molecule has 0 radical (unpaired) electrons. The molecule has 39 heavy (non-hydrogen) atoms. The summed E-state index contributed by atoms with van der Waals surface area (Å²) in [5, 5.41) is 11.7. The maximum Gasteiger partial charge on any atom is 0.267 e. The Morgan fingerprint density at radius 2 is 1.46 bits per heavy atom. The molecule has 4 rings (SSSR count). The Bertz CT molecular complexity index is 1440. The molecule has 7 heteroatoms. The van der Waals surface area contributed by atoms with E-state index in [-0.39, 0.29) is 12.5 Å². The van der Waals surface area contributed by atoms with E-state index in [9.17, 15) is 14.4 Å². The lowest BCUT2D eigenvalue weighted by atomic mass is 9.99. The second-order valence-electron chi connectivity index (χ2n) is 8.93. The van der Waals surface area contributed by atoms with E-state index in [1.165, 1.54) is 17.1 Å². The summed E-state index contributed by atoms with van der Waals surface area (Å²) in [4.78, 5) is 39.0. The van der Waals surface area contributed by atoms with E-state index in [0.29, 0.717) is 24.1 Å². The molecule has 3 amide bonds. The van der Waals surface area contributed by atoms with Crippen molar-refractivity contribution in [3.63, 3.8) is 0 Å². The van der Waals surface area contributed by atoms with Crippen LogP contribution in [0.25, 0.3) is 17.2 Å². The molecule has 4 aromatic carbocycles. The number of benzene rings is 4. The standard InChI is InChI=1S/C32H29N3O4/c36-23-35(22-26-12-8-15-28(20-26)27-13-5-2-6-14-27)31(32(38)33-21-25-9-3-1-4-10-25)29-16-7-11-24(19-29)17-18-30(37)34-39/h1-20,23,31,39H,21-22H2,(H,33,38)(H,34,37). The van der Waals surface area contributed by atoms with Crippen LogP contribution in [0.2, 0.25) is 0 Å². The average molecular weight is 520 g/mol. The summed E-state index contributed by atoms with van der Waals surface area (Å²) in [7, 11) is 0. The summed E-state index contributed by atoms with van der Waals surface area (Å²) in [6.07, 6.45) is 3.38. The van der Waals surface area contributed by atoms with Gasteiger partial charge in [-0.25, -0.2) is 5.48 Å². The van der Waals surface area contributed by atoms with Gasteiger partial charge in [0.1, 0.15) is 6.04 Å². The van der Waals surface area contributed by atoms with Crippen molar-refractivity contribution in [3.05, 3.63) is 138 Å². The topological polar surface area (TPSA) is 98.7 Å². The number of nitrogens with one attached hydrogen (secondary N) is 2. The molecule has 0 bridgehead atoms. The predicted octanol–water partition coefficient (Wildman–Crippen LogP) is 4.89. The van der Waals surface area contributed by atoms with Gasteiger partial charge in [0.15, 0.2) is 0 Å². The SMILES string of the molecule is O=CN(Cc1cccc(-c2ccccc2)c1)C(C(=O)NCc1ccccc1)c1cccc(C=CC(=O)NO)c1. The Morgan fingerprint density at radius 1 is 0.795 bits per heavy atom. The normalized spacial score (nSPS) is 11.5. The molecule has 196 valence electrons. The van der Waals surface area contributed by atoms with Crippen LogP contribution in [-0.4, -0.2) is 28.3 Å². The van der Waals surface area contributed by atoms with Crippen LogP contribution in [0.3, 0.4) is 0 Å². The van der Waals surface area contributed by atoms with E-state index >= 15 is 0 Å². The van der Waals surface area contributed by atoms with Gasteiger partial charge in [0.25, 0.3) is 5.91 Å². The van der Waals surface area contributed by atoms with Crippen LogP contribution in [0.4, 0.5) is 0 Å². The van der Waals surface area contributed by atoms with Gasteiger partial charge in [-0.1, -0.05) is 97.1 Å². The highest BCUT2D eigenvalue weighted by Crippen LogP contribution is 2.26. The highest BCUT2D eigenvalue weighted by atomic mass is 16.5. The summed E-state index contributed by atoms with van der Waals surface area (Å²) < 4.78 is 0. The lowest BCUT2D eigenvalue weighted by Gasteiger charge is -2.28. The van der Waals surface area contributed by atoms with Gasteiger partial charge in [-0.3, -0.25) is 19.6 Å². The van der Waals surface area contributed by atoms with Crippen LogP contribution in [0.5, 0.6) is 0 Å². The van der Waals surface area contributed by atoms with Gasteiger partial charge in [-0.2, -0.15) is 0 Å². The van der Waals surface area contributed by atoms with E-state index in [1.807, 2.05) is 84.9 Å². The highest BCUT2D eigenvalue weighted by Gasteiger charge is 2.27. The summed E-state index contributed by atoms with van der Waals surface area (Å²) in [5.41, 5.74) is 6.64. The third-order valence-electron chi connectivity index (χ3n) is 6.19. The first-order chi connectivity index (χ1) is 19.1. The maximum atomic E-state index is 13.6. The minimum absolute atomic E-state index is 0.209. The molecular formula is C32H29N3O4. The molecule has 0 saturated heterocycles. The first-order valence-electron chi connectivity index (χ1n) is 12.5. The summed E-state index contributed by atoms with van der Waals surface area (Å²) in [6, 6.07) is 33.5. The van der Waals surface area contributed by atoms with Crippen molar-refractivity contribution in [1.29, 1.82) is 0 Å². The quantitative estimate of drug-likeness (QED) is 0.114. The van der Waals surface area contributed by atoms with Gasteiger partial charge in [0.2, 0.25) is 12.3 Å². The molecule has 0 fully saturated rings. The van der Waals surface area contributed by atoms with Crippen LogP contribution < -0.4 is 10.8 Å². The number of amides is 3. The molecule has 0 aliphatic heterocycles. The zero-order valence-corrected chi connectivity index (χ0v) is 21.2. The average Bonchev–Trinajstić information content (AvgIpc) is 2.99. The summed E-state index contributed by atoms with van der Waals surface area (Å²) in [6.45, 7) is 0.517. The third-order valence-corrected chi connectivity index (χ3v) is 6.19. The molecule has 0 aromatic heterocycles. The molecule has 1 atom stereocenters. The molecule has 0 spiro atoms. The van der Waals surface area contributed by atoms with Gasteiger partial charge in [-0.05, 0) is 51.6 Å². The van der Waals surface area contributed by atoms with E-state index in [4.69, 9.17) is 5.21 Å². The van der Waals surface area contributed by atoms with Gasteiger partial charge in [-0.15, -0.1) is 0 Å². The minimum Gasteiger partial charge on any atom is -0.350 e. The number of hydrogen-bond acceptors (Lipinski definition) is 4. The number of hydrogen-bond donors (Lipinski definition) is 3. The Hall–Kier alpha value is -5.01. The van der Waals surface area contributed by atoms with Gasteiger partial charge >= 0.3 is 0 Å². The minimum atomic E-state index is -0.924. The van der Waals surface area contributed by atoms with Crippen LogP contribution in [-0.2, 0) is 27.5 Å². The van der Waals surface area contributed by atoms with Crippen molar-refractivity contribution in [2.75, 3.05) is 0 Å². The van der Waals surface area contributed by atoms with Crippen molar-refractivity contribution in [2.45, 2.75) is 19.1 Å². The van der Waals surface area contributed by atoms with E-state index in [2.05, 4.69) is 5.32 Å². The first-order valence-corrected chi connectivity index (χ1v) is 12.5. The molecule has 4 aromatic rings. The molecule has 1 unspecified atom stereocenters. The number of nitrogens with zero attached hydrogens (tertiary/aromatic N) is 1. The second-order valence-corrected chi connectivity index (χ2v) is 8.93. The van der Waals surface area contributed by atoms with Crippen molar-refractivity contribution in [1.82, 2.24) is 15.7 Å². The fourth-order valence-corrected chi connectivity index (χ4v) is 4.30. The highest BCUT2D eigenvalue weighted by molar-refractivity contribution is 5.91. The van der Waals surface area contributed by atoms with Gasteiger partial charge in [0.05, 0.1) is 0 Å². The van der Waals surface area contributed by atoms with E-state index in [0.717, 1.165) is 22.3 Å². The van der Waals surface area contributed by atoms with E-state index in [1.54, 1.807) is 29.7 Å². The second kappa shape index (κ2) is 13.5. The summed E-state index contributed by atoms with van der Waals surface area (Å²) >= 11 is 0. The summed E-state index contributed by atoms with van der Waals surface area (Å²) in [5.74, 6) is -1.01. The Labute approximate surface area is 227 Å². The largest absolute Gasteiger partial charge is 0.350 e. The van der Waals surface area contributed by atoms with Crippen LogP contribution in [0.15, 0.2) is 115 Å². The lowest BCUT2D eigenvalue weighted by Crippen LogP contribution is -2.39. The number of hydroxylamine groups is 1. The van der Waals surface area contributed by atoms with Crippen molar-refractivity contribution in [3.8, 4) is 11.1 Å². The number of rotatable bonds is 11. The molecule has 0 aliphatic rings. The van der Waals surface area contributed by atoms with Crippen molar-refractivity contribution >= 4 is 24.3 Å². The molecule has 3 N–H and O–H groups in total. The van der Waals surface area contributed by atoms with Crippen LogP contribution in [0.1, 0.15) is 28.3 Å². The zero-order valence-electron chi connectivity index (χ0n) is 21.2. The molecule has 7 nitrogen and oxygen atoms in total. The maximum absolute atomic E-state index is 13.6.